The van der Waals surface area contributed by atoms with Gasteiger partial charge in [0.2, 0.25) is 11.8 Å². The smallest absolute Gasteiger partial charge is 0.243 e. The molecule has 1 aliphatic rings. The standard InChI is InChI=1S/C8H14N4O2S/c1-4(2)12-6(13)3-5(7(12)14)15-8(9)11-10/h4-5H,3,10H2,1-2H3,(H2,9,11). The third kappa shape index (κ3) is 2.41. The molecule has 1 fully saturated rings. The molecule has 15 heavy (non-hydrogen) atoms. The highest BCUT2D eigenvalue weighted by Gasteiger charge is 2.40. The Morgan fingerprint density at radius 3 is 2.60 bits per heavy atom. The van der Waals surface area contributed by atoms with Crippen LogP contribution in [0.3, 0.4) is 0 Å². The molecule has 6 nitrogen and oxygen atoms in total. The van der Waals surface area contributed by atoms with Crippen molar-refractivity contribution in [2.24, 2.45) is 16.7 Å². The first-order valence-electron chi connectivity index (χ1n) is 4.53. The lowest BCUT2D eigenvalue weighted by atomic mass is 10.3. The highest BCUT2D eigenvalue weighted by atomic mass is 32.2. The quantitative estimate of drug-likeness (QED) is 0.218. The van der Waals surface area contributed by atoms with E-state index in [4.69, 9.17) is 11.6 Å². The Hall–Kier alpha value is -1.24. The van der Waals surface area contributed by atoms with E-state index in [9.17, 15) is 9.59 Å². The number of hydrazone groups is 1. The summed E-state index contributed by atoms with van der Waals surface area (Å²) in [5, 5.41) is 2.89. The zero-order valence-electron chi connectivity index (χ0n) is 8.64. The maximum absolute atomic E-state index is 11.7. The van der Waals surface area contributed by atoms with Gasteiger partial charge in [-0.1, -0.05) is 11.8 Å². The van der Waals surface area contributed by atoms with Crippen molar-refractivity contribution in [3.63, 3.8) is 0 Å². The van der Waals surface area contributed by atoms with Crippen molar-refractivity contribution in [3.8, 4) is 0 Å². The van der Waals surface area contributed by atoms with Crippen molar-refractivity contribution in [2.75, 3.05) is 0 Å². The molecule has 0 saturated carbocycles. The number of hydrogen-bond donors (Lipinski definition) is 2. The van der Waals surface area contributed by atoms with Crippen LogP contribution in [0.2, 0.25) is 0 Å². The molecule has 0 aliphatic carbocycles. The molecule has 1 saturated heterocycles. The van der Waals surface area contributed by atoms with Crippen LogP contribution in [0, 0.1) is 0 Å². The highest BCUT2D eigenvalue weighted by molar-refractivity contribution is 8.14. The van der Waals surface area contributed by atoms with E-state index in [-0.39, 0.29) is 29.4 Å². The van der Waals surface area contributed by atoms with Gasteiger partial charge in [0.05, 0.1) is 0 Å². The normalized spacial score (nSPS) is 23.0. The predicted octanol–water partition coefficient (Wildman–Crippen LogP) is -0.556. The Morgan fingerprint density at radius 1 is 1.60 bits per heavy atom. The van der Waals surface area contributed by atoms with Gasteiger partial charge in [-0.15, -0.1) is 0 Å². The van der Waals surface area contributed by atoms with Crippen molar-refractivity contribution >= 4 is 28.7 Å². The van der Waals surface area contributed by atoms with Gasteiger partial charge < -0.3 is 11.6 Å². The third-order valence-electron chi connectivity index (χ3n) is 2.05. The van der Waals surface area contributed by atoms with Crippen LogP contribution in [0.1, 0.15) is 20.3 Å². The maximum Gasteiger partial charge on any atom is 0.243 e. The van der Waals surface area contributed by atoms with Gasteiger partial charge in [0, 0.05) is 12.5 Å². The second-order valence-electron chi connectivity index (χ2n) is 3.47. The number of nitrogens with zero attached hydrogens (tertiary/aromatic N) is 2. The number of likely N-dealkylation sites (tertiary alicyclic amines) is 1. The van der Waals surface area contributed by atoms with Gasteiger partial charge in [0.15, 0.2) is 5.17 Å². The van der Waals surface area contributed by atoms with Crippen molar-refractivity contribution < 1.29 is 9.59 Å². The topological polar surface area (TPSA) is 102 Å². The number of hydrogen-bond acceptors (Lipinski definition) is 5. The van der Waals surface area contributed by atoms with Gasteiger partial charge in [0.1, 0.15) is 5.25 Å². The Morgan fingerprint density at radius 2 is 2.20 bits per heavy atom. The minimum atomic E-state index is -0.479. The number of nitrogens with two attached hydrogens (primary N) is 2. The summed E-state index contributed by atoms with van der Waals surface area (Å²) in [4.78, 5) is 24.5. The molecule has 2 amide bonds. The molecule has 0 aromatic rings. The minimum Gasteiger partial charge on any atom is -0.377 e. The summed E-state index contributed by atoms with van der Waals surface area (Å²) < 4.78 is 0. The summed E-state index contributed by atoms with van der Waals surface area (Å²) in [6, 6.07) is -0.119. The van der Waals surface area contributed by atoms with Crippen molar-refractivity contribution in [2.45, 2.75) is 31.6 Å². The summed E-state index contributed by atoms with van der Waals surface area (Å²) in [5.74, 6) is 4.57. The van der Waals surface area contributed by atoms with Crippen LogP contribution in [-0.4, -0.2) is 33.2 Å². The zero-order chi connectivity index (χ0) is 11.6. The molecule has 1 unspecified atom stereocenters. The Bertz CT molecular complexity index is 316. The van der Waals surface area contributed by atoms with E-state index < -0.39 is 5.25 Å². The molecular weight excluding hydrogens is 216 g/mol. The Labute approximate surface area is 92.0 Å². The fourth-order valence-corrected chi connectivity index (χ4v) is 2.23. The molecule has 1 aliphatic heterocycles. The largest absolute Gasteiger partial charge is 0.377 e. The van der Waals surface area contributed by atoms with E-state index in [0.29, 0.717) is 0 Å². The van der Waals surface area contributed by atoms with E-state index >= 15 is 0 Å². The predicted molar refractivity (Wildman–Crippen MR) is 58.8 cm³/mol. The molecule has 1 rings (SSSR count). The maximum atomic E-state index is 11.7. The number of amidine groups is 1. The molecule has 84 valence electrons. The molecule has 0 spiro atoms. The van der Waals surface area contributed by atoms with Crippen molar-refractivity contribution in [1.29, 1.82) is 0 Å². The lowest BCUT2D eigenvalue weighted by molar-refractivity contribution is -0.140. The van der Waals surface area contributed by atoms with Crippen LogP contribution in [0.4, 0.5) is 0 Å². The lowest BCUT2D eigenvalue weighted by Gasteiger charge is -2.18. The molecule has 0 aromatic heterocycles. The molecule has 0 radical (unpaired) electrons. The molecule has 1 heterocycles. The van der Waals surface area contributed by atoms with Gasteiger partial charge in [-0.3, -0.25) is 14.5 Å². The number of carbonyl (C=O) groups is 2. The molecule has 7 heteroatoms. The second-order valence-corrected chi connectivity index (χ2v) is 4.70. The number of thioether (sulfide) groups is 1. The number of carbonyl (C=O) groups excluding carboxylic acids is 2. The summed E-state index contributed by atoms with van der Waals surface area (Å²) in [6.07, 6.45) is 0.165. The summed E-state index contributed by atoms with van der Waals surface area (Å²) in [5.41, 5.74) is 5.39. The zero-order valence-corrected chi connectivity index (χ0v) is 9.45. The van der Waals surface area contributed by atoms with Crippen LogP contribution in [0.5, 0.6) is 0 Å². The Kier molecular flexibility index (Phi) is 3.57. The SMILES string of the molecule is CC(C)N1C(=O)CC(SC(N)=NN)C1=O. The molecule has 1 atom stereocenters. The number of imide groups is 1. The van der Waals surface area contributed by atoms with Crippen LogP contribution in [0.25, 0.3) is 0 Å². The fourth-order valence-electron chi connectivity index (χ4n) is 1.43. The van der Waals surface area contributed by atoms with Gasteiger partial charge >= 0.3 is 0 Å². The second kappa shape index (κ2) is 4.52. The number of rotatable bonds is 2. The fraction of sp³-hybridized carbons (Fsp3) is 0.625. The first kappa shape index (κ1) is 11.8. The molecule has 0 bridgehead atoms. The summed E-state index contributed by atoms with van der Waals surface area (Å²) in [6.45, 7) is 3.59. The van der Waals surface area contributed by atoms with Gasteiger partial charge in [-0.25, -0.2) is 0 Å². The molecular formula is C8H14N4O2S. The van der Waals surface area contributed by atoms with Gasteiger partial charge in [-0.05, 0) is 13.8 Å². The van der Waals surface area contributed by atoms with Crippen LogP contribution in [0.15, 0.2) is 5.10 Å². The third-order valence-corrected chi connectivity index (χ3v) is 3.05. The van der Waals surface area contributed by atoms with Crippen LogP contribution in [-0.2, 0) is 9.59 Å². The van der Waals surface area contributed by atoms with E-state index in [0.717, 1.165) is 11.8 Å². The lowest BCUT2D eigenvalue weighted by Crippen LogP contribution is -2.37. The monoisotopic (exact) mass is 230 g/mol. The minimum absolute atomic E-state index is 0.117. The van der Waals surface area contributed by atoms with Crippen molar-refractivity contribution in [1.82, 2.24) is 4.90 Å². The van der Waals surface area contributed by atoms with E-state index in [1.165, 1.54) is 4.90 Å². The van der Waals surface area contributed by atoms with Crippen LogP contribution >= 0.6 is 11.8 Å². The van der Waals surface area contributed by atoms with Gasteiger partial charge in [0.25, 0.3) is 0 Å². The molecule has 0 aromatic carbocycles. The average Bonchev–Trinajstić information content (AvgIpc) is 2.41. The van der Waals surface area contributed by atoms with E-state index in [1.807, 2.05) is 0 Å². The van der Waals surface area contributed by atoms with Crippen LogP contribution < -0.4 is 11.6 Å². The molecule has 4 N–H and O–H groups in total. The Balaban J connectivity index is 2.73. The van der Waals surface area contributed by atoms with Crippen molar-refractivity contribution in [3.05, 3.63) is 0 Å². The van der Waals surface area contributed by atoms with E-state index in [2.05, 4.69) is 5.10 Å². The highest BCUT2D eigenvalue weighted by Crippen LogP contribution is 2.26. The van der Waals surface area contributed by atoms with E-state index in [1.54, 1.807) is 13.8 Å². The summed E-state index contributed by atoms with van der Waals surface area (Å²) >= 11 is 1.03. The van der Waals surface area contributed by atoms with Gasteiger partial charge in [-0.2, -0.15) is 5.10 Å². The summed E-state index contributed by atoms with van der Waals surface area (Å²) in [7, 11) is 0. The first-order chi connectivity index (χ1) is 6.97. The first-order valence-corrected chi connectivity index (χ1v) is 5.41. The average molecular weight is 230 g/mol. The number of amides is 2.